The van der Waals surface area contributed by atoms with Gasteiger partial charge in [-0.05, 0) is 30.5 Å². The fourth-order valence-corrected chi connectivity index (χ4v) is 2.37. The van der Waals surface area contributed by atoms with Gasteiger partial charge in [-0.3, -0.25) is 0 Å². The van der Waals surface area contributed by atoms with Gasteiger partial charge >= 0.3 is 0 Å². The van der Waals surface area contributed by atoms with Crippen molar-refractivity contribution in [3.05, 3.63) is 48.3 Å². The van der Waals surface area contributed by atoms with Crippen LogP contribution < -0.4 is 0 Å². The maximum absolute atomic E-state index is 6.10. The molecule has 1 aromatic carbocycles. The molecule has 3 nitrogen and oxygen atoms in total. The van der Waals surface area contributed by atoms with Crippen LogP contribution in [0.5, 0.6) is 0 Å². The molecule has 1 heterocycles. The van der Waals surface area contributed by atoms with Gasteiger partial charge in [-0.1, -0.05) is 29.5 Å². The molecule has 0 N–H and O–H groups in total. The van der Waals surface area contributed by atoms with E-state index in [9.17, 15) is 0 Å². The predicted molar refractivity (Wildman–Crippen MR) is 68.2 cm³/mol. The number of aromatic nitrogens is 3. The molecule has 1 aliphatic carbocycles. The minimum Gasteiger partial charge on any atom is -0.213 e. The van der Waals surface area contributed by atoms with E-state index in [1.807, 2.05) is 35.0 Å². The standard InChI is InChI=1S/C13H12ClN3/c14-11-7-6-10(8-11)13-9-15-16-17(13)12-4-2-1-3-5-12/h1-5,8-9,11H,6-7H2. The SMILES string of the molecule is ClC1C=C(c2cnnn2-c2ccccc2)CC1. The molecule has 0 spiro atoms. The molecule has 1 aliphatic rings. The van der Waals surface area contributed by atoms with Crippen molar-refractivity contribution < 1.29 is 0 Å². The lowest BCUT2D eigenvalue weighted by Gasteiger charge is -2.06. The number of rotatable bonds is 2. The summed E-state index contributed by atoms with van der Waals surface area (Å²) in [5.74, 6) is 0. The smallest absolute Gasteiger partial charge is 0.0901 e. The van der Waals surface area contributed by atoms with Crippen LogP contribution in [0.3, 0.4) is 0 Å². The van der Waals surface area contributed by atoms with E-state index < -0.39 is 0 Å². The highest BCUT2D eigenvalue weighted by Crippen LogP contribution is 2.30. The molecule has 0 amide bonds. The summed E-state index contributed by atoms with van der Waals surface area (Å²) >= 11 is 6.10. The van der Waals surface area contributed by atoms with Crippen LogP contribution in [-0.2, 0) is 0 Å². The zero-order valence-electron chi connectivity index (χ0n) is 9.25. The van der Waals surface area contributed by atoms with Gasteiger partial charge < -0.3 is 0 Å². The van der Waals surface area contributed by atoms with Gasteiger partial charge in [-0.2, -0.15) is 0 Å². The fraction of sp³-hybridized carbons (Fsp3) is 0.231. The molecular formula is C13H12ClN3. The van der Waals surface area contributed by atoms with Crippen molar-refractivity contribution in [3.8, 4) is 5.69 Å². The average Bonchev–Trinajstić information content (AvgIpc) is 2.98. The van der Waals surface area contributed by atoms with Crippen LogP contribution in [-0.4, -0.2) is 20.4 Å². The fourth-order valence-electron chi connectivity index (χ4n) is 2.11. The highest BCUT2D eigenvalue weighted by atomic mass is 35.5. The highest BCUT2D eigenvalue weighted by molar-refractivity contribution is 6.22. The number of nitrogens with zero attached hydrogens (tertiary/aromatic N) is 3. The third kappa shape index (κ3) is 1.98. The number of hydrogen-bond donors (Lipinski definition) is 0. The van der Waals surface area contributed by atoms with Crippen LogP contribution in [0.2, 0.25) is 0 Å². The highest BCUT2D eigenvalue weighted by Gasteiger charge is 2.18. The van der Waals surface area contributed by atoms with Crippen molar-refractivity contribution in [1.82, 2.24) is 15.0 Å². The molecule has 3 rings (SSSR count). The molecule has 86 valence electrons. The van der Waals surface area contributed by atoms with Crippen LogP contribution in [0.25, 0.3) is 11.3 Å². The first-order chi connectivity index (χ1) is 8.34. The molecule has 17 heavy (non-hydrogen) atoms. The van der Waals surface area contributed by atoms with E-state index >= 15 is 0 Å². The van der Waals surface area contributed by atoms with E-state index in [0.717, 1.165) is 24.2 Å². The van der Waals surface area contributed by atoms with Gasteiger partial charge in [0.2, 0.25) is 0 Å². The number of para-hydroxylation sites is 1. The van der Waals surface area contributed by atoms with E-state index in [2.05, 4.69) is 16.4 Å². The molecule has 0 radical (unpaired) electrons. The van der Waals surface area contributed by atoms with Crippen molar-refractivity contribution in [1.29, 1.82) is 0 Å². The molecule has 0 fully saturated rings. The summed E-state index contributed by atoms with van der Waals surface area (Å²) in [6.07, 6.45) is 5.89. The third-order valence-electron chi connectivity index (χ3n) is 2.95. The molecule has 1 unspecified atom stereocenters. The molecule has 4 heteroatoms. The Morgan fingerprint density at radius 3 is 2.76 bits per heavy atom. The van der Waals surface area contributed by atoms with Crippen LogP contribution in [0.4, 0.5) is 0 Å². The van der Waals surface area contributed by atoms with Gasteiger partial charge in [0.25, 0.3) is 0 Å². The normalized spacial score (nSPS) is 19.4. The average molecular weight is 246 g/mol. The Hall–Kier alpha value is -1.61. The van der Waals surface area contributed by atoms with Gasteiger partial charge in [0, 0.05) is 0 Å². The lowest BCUT2D eigenvalue weighted by atomic mass is 10.2. The molecular weight excluding hydrogens is 234 g/mol. The van der Waals surface area contributed by atoms with Crippen molar-refractivity contribution in [2.24, 2.45) is 0 Å². The second kappa shape index (κ2) is 4.34. The second-order valence-electron chi connectivity index (χ2n) is 4.11. The van der Waals surface area contributed by atoms with E-state index in [1.165, 1.54) is 5.57 Å². The van der Waals surface area contributed by atoms with Gasteiger partial charge in [0.1, 0.15) is 0 Å². The Kier molecular flexibility index (Phi) is 2.69. The summed E-state index contributed by atoms with van der Waals surface area (Å²) in [6.45, 7) is 0. The molecule has 1 aromatic heterocycles. The van der Waals surface area contributed by atoms with E-state index in [0.29, 0.717) is 0 Å². The Balaban J connectivity index is 2.03. The Labute approximate surface area is 105 Å². The molecule has 0 aliphatic heterocycles. The van der Waals surface area contributed by atoms with E-state index in [4.69, 9.17) is 11.6 Å². The molecule has 1 atom stereocenters. The lowest BCUT2D eigenvalue weighted by molar-refractivity contribution is 0.793. The molecule has 0 saturated heterocycles. The number of hydrogen-bond acceptors (Lipinski definition) is 2. The van der Waals surface area contributed by atoms with E-state index in [1.54, 1.807) is 6.20 Å². The first-order valence-corrected chi connectivity index (χ1v) is 6.09. The predicted octanol–water partition coefficient (Wildman–Crippen LogP) is 3.05. The number of benzene rings is 1. The maximum atomic E-state index is 6.10. The minimum absolute atomic E-state index is 0.143. The quantitative estimate of drug-likeness (QED) is 0.762. The monoisotopic (exact) mass is 245 g/mol. The lowest BCUT2D eigenvalue weighted by Crippen LogP contribution is -2.00. The first-order valence-electron chi connectivity index (χ1n) is 5.66. The number of halogens is 1. The van der Waals surface area contributed by atoms with Crippen molar-refractivity contribution in [3.63, 3.8) is 0 Å². The zero-order chi connectivity index (χ0) is 11.7. The van der Waals surface area contributed by atoms with E-state index in [-0.39, 0.29) is 5.38 Å². The van der Waals surface area contributed by atoms with Crippen molar-refractivity contribution in [2.45, 2.75) is 18.2 Å². The Morgan fingerprint density at radius 1 is 1.24 bits per heavy atom. The van der Waals surface area contributed by atoms with Gasteiger partial charge in [-0.15, -0.1) is 16.7 Å². The number of allylic oxidation sites excluding steroid dienone is 2. The van der Waals surface area contributed by atoms with Crippen molar-refractivity contribution >= 4 is 17.2 Å². The summed E-state index contributed by atoms with van der Waals surface area (Å²) in [4.78, 5) is 0. The molecule has 0 bridgehead atoms. The van der Waals surface area contributed by atoms with Crippen molar-refractivity contribution in [2.75, 3.05) is 0 Å². The topological polar surface area (TPSA) is 30.7 Å². The summed E-state index contributed by atoms with van der Waals surface area (Å²) in [7, 11) is 0. The summed E-state index contributed by atoms with van der Waals surface area (Å²) in [6, 6.07) is 10.0. The summed E-state index contributed by atoms with van der Waals surface area (Å²) in [5.41, 5.74) is 3.30. The van der Waals surface area contributed by atoms with Gasteiger partial charge in [-0.25, -0.2) is 4.68 Å². The van der Waals surface area contributed by atoms with Crippen LogP contribution >= 0.6 is 11.6 Å². The molecule has 2 aromatic rings. The molecule has 0 saturated carbocycles. The number of alkyl halides is 1. The third-order valence-corrected chi connectivity index (χ3v) is 3.29. The largest absolute Gasteiger partial charge is 0.213 e. The first kappa shape index (κ1) is 10.5. The summed E-state index contributed by atoms with van der Waals surface area (Å²) in [5, 5.41) is 8.28. The zero-order valence-corrected chi connectivity index (χ0v) is 10.0. The van der Waals surface area contributed by atoms with Crippen LogP contribution in [0.1, 0.15) is 18.5 Å². The minimum atomic E-state index is 0.143. The summed E-state index contributed by atoms with van der Waals surface area (Å²) < 4.78 is 1.86. The Morgan fingerprint density at radius 2 is 2.06 bits per heavy atom. The van der Waals surface area contributed by atoms with Gasteiger partial charge in [0.15, 0.2) is 0 Å². The maximum Gasteiger partial charge on any atom is 0.0901 e. The van der Waals surface area contributed by atoms with Crippen LogP contribution in [0, 0.1) is 0 Å². The van der Waals surface area contributed by atoms with Crippen LogP contribution in [0.15, 0.2) is 42.6 Å². The van der Waals surface area contributed by atoms with Gasteiger partial charge in [0.05, 0.1) is 23.0 Å². The second-order valence-corrected chi connectivity index (χ2v) is 4.67. The Bertz CT molecular complexity index is 545.